The second-order valence-corrected chi connectivity index (χ2v) is 8.44. The highest BCUT2D eigenvalue weighted by Gasteiger charge is 2.31. The number of nitrogens with one attached hydrogen (secondary N) is 1. The molecule has 23 heavy (non-hydrogen) atoms. The van der Waals surface area contributed by atoms with Crippen LogP contribution in [-0.4, -0.2) is 37.8 Å². The number of carbonyl (C=O) groups excluding carboxylic acids is 1. The molecule has 1 saturated carbocycles. The molecular weight excluding hydrogens is 316 g/mol. The zero-order valence-electron chi connectivity index (χ0n) is 13.5. The van der Waals surface area contributed by atoms with Gasteiger partial charge in [0, 0.05) is 19.1 Å². The third kappa shape index (κ3) is 3.45. The van der Waals surface area contributed by atoms with Gasteiger partial charge in [-0.25, -0.2) is 8.42 Å². The van der Waals surface area contributed by atoms with E-state index in [1.807, 2.05) is 0 Å². The normalized spacial score (nSPS) is 26.3. The molecule has 0 unspecified atom stereocenters. The number of furan rings is 1. The van der Waals surface area contributed by atoms with Crippen LogP contribution < -0.4 is 5.32 Å². The van der Waals surface area contributed by atoms with E-state index in [0.29, 0.717) is 19.0 Å². The van der Waals surface area contributed by atoms with E-state index in [0.717, 1.165) is 32.1 Å². The average molecular weight is 340 g/mol. The molecule has 0 radical (unpaired) electrons. The summed E-state index contributed by atoms with van der Waals surface area (Å²) >= 11 is 0. The first-order chi connectivity index (χ1) is 11.0. The molecule has 6 nitrogen and oxygen atoms in total. The minimum Gasteiger partial charge on any atom is -0.438 e. The zero-order valence-corrected chi connectivity index (χ0v) is 14.3. The highest BCUT2D eigenvalue weighted by atomic mass is 32.2. The van der Waals surface area contributed by atoms with Gasteiger partial charge in [-0.15, -0.1) is 0 Å². The van der Waals surface area contributed by atoms with Gasteiger partial charge in [0.1, 0.15) is 0 Å². The summed E-state index contributed by atoms with van der Waals surface area (Å²) in [7, 11) is -3.61. The van der Waals surface area contributed by atoms with E-state index in [-0.39, 0.29) is 22.8 Å². The van der Waals surface area contributed by atoms with Gasteiger partial charge in [-0.1, -0.05) is 19.8 Å². The van der Waals surface area contributed by atoms with Gasteiger partial charge in [-0.3, -0.25) is 4.79 Å². The van der Waals surface area contributed by atoms with Crippen molar-refractivity contribution in [3.63, 3.8) is 0 Å². The fraction of sp³-hybridized carbons (Fsp3) is 0.688. The molecule has 1 N–H and O–H groups in total. The predicted molar refractivity (Wildman–Crippen MR) is 85.6 cm³/mol. The number of rotatable bonds is 4. The van der Waals surface area contributed by atoms with Crippen molar-refractivity contribution in [3.8, 4) is 0 Å². The summed E-state index contributed by atoms with van der Waals surface area (Å²) in [5.41, 5.74) is 0. The van der Waals surface area contributed by atoms with Crippen LogP contribution in [0.5, 0.6) is 0 Å². The lowest BCUT2D eigenvalue weighted by molar-refractivity contribution is 0.0876. The van der Waals surface area contributed by atoms with E-state index in [9.17, 15) is 13.2 Å². The predicted octanol–water partition coefficient (Wildman–Crippen LogP) is 2.37. The Morgan fingerprint density at radius 2 is 1.87 bits per heavy atom. The Morgan fingerprint density at radius 1 is 1.17 bits per heavy atom. The molecule has 2 fully saturated rings. The Morgan fingerprint density at radius 3 is 2.57 bits per heavy atom. The van der Waals surface area contributed by atoms with Gasteiger partial charge in [0.25, 0.3) is 15.9 Å². The maximum Gasteiger partial charge on any atom is 0.287 e. The maximum atomic E-state index is 12.4. The maximum absolute atomic E-state index is 12.4. The van der Waals surface area contributed by atoms with Crippen LogP contribution in [0.1, 0.15) is 56.0 Å². The monoisotopic (exact) mass is 340 g/mol. The first-order valence-corrected chi connectivity index (χ1v) is 9.83. The SMILES string of the molecule is C[C@@H]1CCCC[C@@H]1NC(=O)c1ccc(S(=O)(=O)N2CCCC2)o1. The molecule has 0 bridgehead atoms. The Balaban J connectivity index is 1.70. The van der Waals surface area contributed by atoms with E-state index in [4.69, 9.17) is 4.42 Å². The summed E-state index contributed by atoms with van der Waals surface area (Å²) in [5, 5.41) is 2.84. The lowest BCUT2D eigenvalue weighted by Gasteiger charge is -2.29. The van der Waals surface area contributed by atoms with E-state index in [2.05, 4.69) is 12.2 Å². The molecule has 1 saturated heterocycles. The molecule has 1 aromatic rings. The molecule has 1 aliphatic carbocycles. The molecule has 2 aliphatic rings. The topological polar surface area (TPSA) is 79.6 Å². The highest BCUT2D eigenvalue weighted by molar-refractivity contribution is 7.89. The van der Waals surface area contributed by atoms with Crippen molar-refractivity contribution >= 4 is 15.9 Å². The molecule has 0 spiro atoms. The summed E-state index contributed by atoms with van der Waals surface area (Å²) in [5.74, 6) is 0.183. The fourth-order valence-electron chi connectivity index (χ4n) is 3.41. The standard InChI is InChI=1S/C16H24N2O4S/c1-12-6-2-3-7-13(12)17-16(19)14-8-9-15(22-14)23(20,21)18-10-4-5-11-18/h8-9,12-13H,2-7,10-11H2,1H3,(H,17,19)/t12-,13+/m1/s1. The van der Waals surface area contributed by atoms with Gasteiger partial charge in [0.05, 0.1) is 0 Å². The largest absolute Gasteiger partial charge is 0.438 e. The number of carbonyl (C=O) groups is 1. The summed E-state index contributed by atoms with van der Waals surface area (Å²) < 4.78 is 31.6. The van der Waals surface area contributed by atoms with Gasteiger partial charge in [-0.05, 0) is 43.7 Å². The minimum absolute atomic E-state index is 0.0699. The third-order valence-electron chi connectivity index (χ3n) is 4.89. The van der Waals surface area contributed by atoms with Crippen LogP contribution in [-0.2, 0) is 10.0 Å². The van der Waals surface area contributed by atoms with Crippen molar-refractivity contribution in [2.75, 3.05) is 13.1 Å². The number of hydrogen-bond donors (Lipinski definition) is 1. The Labute approximate surface area is 137 Å². The van der Waals surface area contributed by atoms with Gasteiger partial charge in [-0.2, -0.15) is 4.31 Å². The van der Waals surface area contributed by atoms with Crippen LogP contribution in [0.15, 0.2) is 21.6 Å². The number of sulfonamides is 1. The number of nitrogens with zero attached hydrogens (tertiary/aromatic N) is 1. The van der Waals surface area contributed by atoms with Gasteiger partial charge in [0.2, 0.25) is 5.09 Å². The van der Waals surface area contributed by atoms with Gasteiger partial charge >= 0.3 is 0 Å². The van der Waals surface area contributed by atoms with Crippen molar-refractivity contribution in [1.82, 2.24) is 9.62 Å². The zero-order chi connectivity index (χ0) is 16.4. The van der Waals surface area contributed by atoms with Crippen LogP contribution >= 0.6 is 0 Å². The second-order valence-electron chi connectivity index (χ2n) is 6.57. The summed E-state index contributed by atoms with van der Waals surface area (Å²) in [6.07, 6.45) is 6.12. The third-order valence-corrected chi connectivity index (χ3v) is 6.67. The average Bonchev–Trinajstić information content (AvgIpc) is 3.21. The number of amides is 1. The van der Waals surface area contributed by atoms with Crippen molar-refractivity contribution in [2.24, 2.45) is 5.92 Å². The fourth-order valence-corrected chi connectivity index (χ4v) is 4.84. The molecule has 1 amide bonds. The molecule has 1 aliphatic heterocycles. The summed E-state index contributed by atoms with van der Waals surface area (Å²) in [6.45, 7) is 3.17. The quantitative estimate of drug-likeness (QED) is 0.912. The summed E-state index contributed by atoms with van der Waals surface area (Å²) in [6, 6.07) is 2.97. The van der Waals surface area contributed by atoms with Crippen LogP contribution in [0.25, 0.3) is 0 Å². The lowest BCUT2D eigenvalue weighted by atomic mass is 9.86. The first kappa shape index (κ1) is 16.5. The van der Waals surface area contributed by atoms with E-state index in [1.54, 1.807) is 0 Å². The van der Waals surface area contributed by atoms with Crippen LogP contribution in [0.3, 0.4) is 0 Å². The molecule has 3 rings (SSSR count). The van der Waals surface area contributed by atoms with Crippen LogP contribution in [0.4, 0.5) is 0 Å². The highest BCUT2D eigenvalue weighted by Crippen LogP contribution is 2.25. The molecular formula is C16H24N2O4S. The van der Waals surface area contributed by atoms with E-state index in [1.165, 1.54) is 22.9 Å². The van der Waals surface area contributed by atoms with Crippen LogP contribution in [0, 0.1) is 5.92 Å². The molecule has 0 aromatic carbocycles. The molecule has 7 heteroatoms. The molecule has 128 valence electrons. The van der Waals surface area contributed by atoms with E-state index < -0.39 is 10.0 Å². The van der Waals surface area contributed by atoms with Gasteiger partial charge in [0.15, 0.2) is 5.76 Å². The second kappa shape index (κ2) is 6.65. The smallest absolute Gasteiger partial charge is 0.287 e. The number of hydrogen-bond acceptors (Lipinski definition) is 4. The minimum atomic E-state index is -3.61. The molecule has 2 atom stereocenters. The molecule has 2 heterocycles. The van der Waals surface area contributed by atoms with Crippen molar-refractivity contribution in [1.29, 1.82) is 0 Å². The lowest BCUT2D eigenvalue weighted by Crippen LogP contribution is -2.40. The molecule has 1 aromatic heterocycles. The Hall–Kier alpha value is -1.34. The Bertz CT molecular complexity index is 661. The van der Waals surface area contributed by atoms with E-state index >= 15 is 0 Å². The van der Waals surface area contributed by atoms with Gasteiger partial charge < -0.3 is 9.73 Å². The van der Waals surface area contributed by atoms with Crippen molar-refractivity contribution < 1.29 is 17.6 Å². The van der Waals surface area contributed by atoms with Crippen molar-refractivity contribution in [3.05, 3.63) is 17.9 Å². The van der Waals surface area contributed by atoms with Crippen molar-refractivity contribution in [2.45, 2.75) is 56.6 Å². The first-order valence-electron chi connectivity index (χ1n) is 8.39. The van der Waals surface area contributed by atoms with Crippen LogP contribution in [0.2, 0.25) is 0 Å². The Kier molecular flexibility index (Phi) is 4.77. The summed E-state index contributed by atoms with van der Waals surface area (Å²) in [4.78, 5) is 12.3.